The summed E-state index contributed by atoms with van der Waals surface area (Å²) in [4.78, 5) is 0. The first-order chi connectivity index (χ1) is 10.2. The molecule has 0 fully saturated rings. The minimum absolute atomic E-state index is 0.225. The van der Waals surface area contributed by atoms with Crippen LogP contribution in [-0.4, -0.2) is 8.42 Å². The lowest BCUT2D eigenvalue weighted by atomic mass is 9.93. The van der Waals surface area contributed by atoms with E-state index in [0.29, 0.717) is 10.0 Å². The highest BCUT2D eigenvalue weighted by Gasteiger charge is 2.22. The van der Waals surface area contributed by atoms with Crippen molar-refractivity contribution in [3.05, 3.63) is 45.8 Å². The van der Waals surface area contributed by atoms with Crippen LogP contribution in [0.4, 0.5) is 5.69 Å². The summed E-state index contributed by atoms with van der Waals surface area (Å²) in [7, 11) is -3.62. The van der Waals surface area contributed by atoms with Gasteiger partial charge in [-0.15, -0.1) is 11.3 Å². The van der Waals surface area contributed by atoms with E-state index in [1.54, 1.807) is 6.07 Å². The second-order valence-electron chi connectivity index (χ2n) is 5.78. The van der Waals surface area contributed by atoms with Gasteiger partial charge in [-0.1, -0.05) is 57.5 Å². The van der Waals surface area contributed by atoms with Gasteiger partial charge < -0.3 is 0 Å². The lowest BCUT2D eigenvalue weighted by molar-refractivity contribution is 0.603. The predicted molar refractivity (Wildman–Crippen MR) is 94.8 cm³/mol. The molecule has 0 radical (unpaired) electrons. The molecule has 0 saturated carbocycles. The van der Waals surface area contributed by atoms with Crippen LogP contribution in [0.25, 0.3) is 0 Å². The number of nitrogens with one attached hydrogen (secondary N) is 1. The molecule has 1 aromatic heterocycles. The Kier molecular flexibility index (Phi) is 5.20. The lowest BCUT2D eigenvalue weighted by Gasteiger charge is -2.20. The molecule has 0 amide bonds. The zero-order valence-electron chi connectivity index (χ0n) is 13.1. The van der Waals surface area contributed by atoms with Crippen LogP contribution in [0.3, 0.4) is 0 Å². The van der Waals surface area contributed by atoms with E-state index >= 15 is 0 Å². The van der Waals surface area contributed by atoms with Gasteiger partial charge in [0.15, 0.2) is 0 Å². The van der Waals surface area contributed by atoms with Crippen molar-refractivity contribution in [3.63, 3.8) is 0 Å². The predicted octanol–water partition coefficient (Wildman–Crippen LogP) is 5.45. The van der Waals surface area contributed by atoms with Gasteiger partial charge in [-0.05, 0) is 35.1 Å². The number of hydrogen-bond acceptors (Lipinski definition) is 3. The summed E-state index contributed by atoms with van der Waals surface area (Å²) >= 11 is 6.92. The fourth-order valence-corrected chi connectivity index (χ4v) is 4.90. The molecular formula is C16H20ClNO2S2. The van der Waals surface area contributed by atoms with Gasteiger partial charge >= 0.3 is 0 Å². The summed E-state index contributed by atoms with van der Waals surface area (Å²) in [5.74, 6) is 0.451. The first-order valence-corrected chi connectivity index (χ1v) is 9.81. The highest BCUT2D eigenvalue weighted by atomic mass is 35.5. The fourth-order valence-electron chi connectivity index (χ4n) is 2.30. The van der Waals surface area contributed by atoms with Crippen molar-refractivity contribution >= 4 is 38.6 Å². The van der Waals surface area contributed by atoms with E-state index in [1.165, 1.54) is 6.07 Å². The minimum Gasteiger partial charge on any atom is -0.278 e. The molecule has 0 saturated heterocycles. The smallest absolute Gasteiger partial charge is 0.271 e. The van der Waals surface area contributed by atoms with Gasteiger partial charge in [0.05, 0.1) is 10.0 Å². The quantitative estimate of drug-likeness (QED) is 0.773. The summed E-state index contributed by atoms with van der Waals surface area (Å²) in [6.07, 6.45) is 0. The Balaban J connectivity index is 2.52. The second kappa shape index (κ2) is 6.60. The van der Waals surface area contributed by atoms with Crippen molar-refractivity contribution in [1.82, 2.24) is 0 Å². The van der Waals surface area contributed by atoms with E-state index in [0.717, 1.165) is 22.5 Å². The Labute approximate surface area is 141 Å². The van der Waals surface area contributed by atoms with Crippen molar-refractivity contribution in [2.24, 2.45) is 0 Å². The first kappa shape index (κ1) is 17.3. The Morgan fingerprint density at radius 3 is 1.95 bits per heavy atom. The molecule has 0 atom stereocenters. The maximum Gasteiger partial charge on any atom is 0.271 e. The molecule has 0 spiro atoms. The number of thiophene rings is 1. The number of anilines is 1. The van der Waals surface area contributed by atoms with Gasteiger partial charge in [0.1, 0.15) is 4.21 Å². The molecule has 2 aromatic rings. The van der Waals surface area contributed by atoms with Crippen molar-refractivity contribution in [3.8, 4) is 0 Å². The third-order valence-electron chi connectivity index (χ3n) is 3.42. The fraction of sp³-hybridized carbons (Fsp3) is 0.375. The van der Waals surface area contributed by atoms with Crippen LogP contribution in [0.5, 0.6) is 0 Å². The monoisotopic (exact) mass is 357 g/mol. The molecule has 1 heterocycles. The summed E-state index contributed by atoms with van der Waals surface area (Å²) < 4.78 is 28.7. The second-order valence-corrected chi connectivity index (χ2v) is 9.41. The van der Waals surface area contributed by atoms with E-state index in [9.17, 15) is 8.42 Å². The number of para-hydroxylation sites is 1. The molecule has 0 bridgehead atoms. The van der Waals surface area contributed by atoms with Crippen LogP contribution < -0.4 is 4.72 Å². The van der Waals surface area contributed by atoms with Crippen molar-refractivity contribution < 1.29 is 8.42 Å². The number of benzene rings is 1. The zero-order chi connectivity index (χ0) is 16.5. The molecule has 3 nitrogen and oxygen atoms in total. The van der Waals surface area contributed by atoms with Gasteiger partial charge in [0.2, 0.25) is 0 Å². The molecule has 1 aromatic carbocycles. The van der Waals surface area contributed by atoms with E-state index in [-0.39, 0.29) is 16.0 Å². The van der Waals surface area contributed by atoms with E-state index in [1.807, 2.05) is 18.2 Å². The maximum absolute atomic E-state index is 12.6. The highest BCUT2D eigenvalue weighted by Crippen LogP contribution is 2.35. The first-order valence-electron chi connectivity index (χ1n) is 7.13. The zero-order valence-corrected chi connectivity index (χ0v) is 15.4. The molecule has 6 heteroatoms. The summed E-state index contributed by atoms with van der Waals surface area (Å²) in [6.45, 7) is 8.22. The molecule has 0 aliphatic rings. The van der Waals surface area contributed by atoms with Gasteiger partial charge in [-0.25, -0.2) is 8.42 Å². The Bertz CT molecular complexity index is 738. The number of sulfonamides is 1. The van der Waals surface area contributed by atoms with E-state index in [2.05, 4.69) is 32.4 Å². The van der Waals surface area contributed by atoms with Crippen LogP contribution in [0, 0.1) is 0 Å². The number of hydrogen-bond donors (Lipinski definition) is 1. The molecule has 1 N–H and O–H groups in total. The van der Waals surface area contributed by atoms with E-state index in [4.69, 9.17) is 11.6 Å². The molecule has 22 heavy (non-hydrogen) atoms. The van der Waals surface area contributed by atoms with Crippen LogP contribution in [0.1, 0.15) is 50.7 Å². The molecule has 2 rings (SSSR count). The minimum atomic E-state index is -3.62. The largest absolute Gasteiger partial charge is 0.278 e. The Morgan fingerprint density at radius 2 is 1.55 bits per heavy atom. The summed E-state index contributed by atoms with van der Waals surface area (Å²) in [6, 6.07) is 9.04. The molecule has 120 valence electrons. The van der Waals surface area contributed by atoms with Gasteiger partial charge in [0.25, 0.3) is 10.0 Å². The van der Waals surface area contributed by atoms with Gasteiger partial charge in [0, 0.05) is 0 Å². The molecule has 0 aliphatic heterocycles. The standard InChI is InChI=1S/C16H20ClNO2S2/c1-10(2)12-6-5-7-13(11(3)4)16(12)18-22(19,20)15-9-8-14(17)21-15/h5-11,18H,1-4H3. The van der Waals surface area contributed by atoms with Crippen LogP contribution in [0.15, 0.2) is 34.5 Å². The molecule has 0 aliphatic carbocycles. The third kappa shape index (κ3) is 3.65. The molecule has 0 unspecified atom stereocenters. The third-order valence-corrected chi connectivity index (χ3v) is 6.50. The average Bonchev–Trinajstić information content (AvgIpc) is 2.85. The topological polar surface area (TPSA) is 46.2 Å². The Hall–Kier alpha value is -1.04. The average molecular weight is 358 g/mol. The molecular weight excluding hydrogens is 338 g/mol. The Morgan fingerprint density at radius 1 is 1.00 bits per heavy atom. The normalized spacial score (nSPS) is 12.1. The summed E-state index contributed by atoms with van der Waals surface area (Å²) in [5, 5.41) is 0. The van der Waals surface area contributed by atoms with Crippen molar-refractivity contribution in [1.29, 1.82) is 0 Å². The van der Waals surface area contributed by atoms with Crippen LogP contribution in [0.2, 0.25) is 4.34 Å². The van der Waals surface area contributed by atoms with Crippen molar-refractivity contribution in [2.75, 3.05) is 4.72 Å². The highest BCUT2D eigenvalue weighted by molar-refractivity contribution is 7.94. The van der Waals surface area contributed by atoms with Crippen LogP contribution in [-0.2, 0) is 10.0 Å². The van der Waals surface area contributed by atoms with Crippen LogP contribution >= 0.6 is 22.9 Å². The lowest BCUT2D eigenvalue weighted by Crippen LogP contribution is -2.15. The summed E-state index contributed by atoms with van der Waals surface area (Å²) in [5.41, 5.74) is 2.69. The number of rotatable bonds is 5. The maximum atomic E-state index is 12.6. The van der Waals surface area contributed by atoms with Crippen molar-refractivity contribution in [2.45, 2.75) is 43.7 Å². The van der Waals surface area contributed by atoms with Gasteiger partial charge in [-0.3, -0.25) is 4.72 Å². The van der Waals surface area contributed by atoms with Gasteiger partial charge in [-0.2, -0.15) is 0 Å². The van der Waals surface area contributed by atoms with E-state index < -0.39 is 10.0 Å². The SMILES string of the molecule is CC(C)c1cccc(C(C)C)c1NS(=O)(=O)c1ccc(Cl)s1. The number of halogens is 1.